The van der Waals surface area contributed by atoms with Gasteiger partial charge in [0, 0.05) is 49.4 Å². The highest BCUT2D eigenvalue weighted by Crippen LogP contribution is 2.50. The van der Waals surface area contributed by atoms with E-state index in [1.807, 2.05) is 4.90 Å². The lowest BCUT2D eigenvalue weighted by Gasteiger charge is -2.53. The molecule has 3 N–H and O–H groups in total. The summed E-state index contributed by atoms with van der Waals surface area (Å²) < 4.78 is 5.11. The van der Waals surface area contributed by atoms with Crippen molar-refractivity contribution in [1.29, 1.82) is 0 Å². The number of nitrogens with zero attached hydrogens (tertiary/aromatic N) is 5. The summed E-state index contributed by atoms with van der Waals surface area (Å²) in [5.41, 5.74) is 0.243. The van der Waals surface area contributed by atoms with E-state index in [-0.39, 0.29) is 29.4 Å². The second kappa shape index (κ2) is 11.1. The van der Waals surface area contributed by atoms with Crippen molar-refractivity contribution in [1.82, 2.24) is 24.7 Å². The van der Waals surface area contributed by atoms with Gasteiger partial charge in [-0.25, -0.2) is 4.98 Å². The number of amides is 1. The first-order valence-corrected chi connectivity index (χ1v) is 14.0. The molecule has 10 heteroatoms. The maximum atomic E-state index is 12.7. The molecule has 2 aromatic rings. The van der Waals surface area contributed by atoms with Crippen LogP contribution in [-0.2, 0) is 10.3 Å². The van der Waals surface area contributed by atoms with E-state index >= 15 is 0 Å². The van der Waals surface area contributed by atoms with Crippen molar-refractivity contribution in [3.05, 3.63) is 48.2 Å². The molecule has 3 aliphatic rings. The number of hydrogen-bond donors (Lipinski definition) is 3. The van der Waals surface area contributed by atoms with Crippen LogP contribution >= 0.6 is 0 Å². The normalized spacial score (nSPS) is 28.9. The number of aliphatic hydroxyl groups is 2. The van der Waals surface area contributed by atoms with Crippen LogP contribution in [0.3, 0.4) is 0 Å². The third kappa shape index (κ3) is 5.53. The van der Waals surface area contributed by atoms with Gasteiger partial charge in [-0.15, -0.1) is 0 Å². The summed E-state index contributed by atoms with van der Waals surface area (Å²) >= 11 is 0. The summed E-state index contributed by atoms with van der Waals surface area (Å²) in [4.78, 5) is 27.4. The smallest absolute Gasteiger partial charge is 0.232 e. The number of ether oxygens (including phenoxy) is 1. The first-order chi connectivity index (χ1) is 18.7. The number of hydrogen-bond acceptors (Lipinski definition) is 9. The maximum absolute atomic E-state index is 12.7. The molecule has 1 unspecified atom stereocenters. The van der Waals surface area contributed by atoms with Crippen LogP contribution in [0.2, 0.25) is 0 Å². The minimum Gasteiger partial charge on any atom is -0.481 e. The average molecular weight is 539 g/mol. The summed E-state index contributed by atoms with van der Waals surface area (Å²) in [6, 6.07) is 12.3. The Kier molecular flexibility index (Phi) is 7.94. The van der Waals surface area contributed by atoms with Gasteiger partial charge in [-0.1, -0.05) is 30.3 Å². The molecule has 1 saturated heterocycles. The zero-order valence-corrected chi connectivity index (χ0v) is 23.3. The molecule has 2 heterocycles. The monoisotopic (exact) mass is 538 g/mol. The lowest BCUT2D eigenvalue weighted by molar-refractivity contribution is -0.144. The van der Waals surface area contributed by atoms with Gasteiger partial charge < -0.3 is 14.9 Å². The van der Waals surface area contributed by atoms with E-state index in [0.717, 1.165) is 44.9 Å². The third-order valence-electron chi connectivity index (χ3n) is 9.35. The van der Waals surface area contributed by atoms with E-state index in [0.29, 0.717) is 25.5 Å². The summed E-state index contributed by atoms with van der Waals surface area (Å²) in [5.74, 6) is 0.350. The van der Waals surface area contributed by atoms with Crippen LogP contribution in [0, 0.1) is 0 Å². The van der Waals surface area contributed by atoms with E-state index in [1.54, 1.807) is 6.07 Å². The Bertz CT molecular complexity index is 1130. The molecule has 0 bridgehead atoms. The van der Waals surface area contributed by atoms with Gasteiger partial charge in [0.25, 0.3) is 0 Å². The number of carbonyl (C=O) groups excluding carboxylic acids is 1. The fraction of sp³-hybridized carbons (Fsp3) is 0.621. The SMILES string of the molecule is COc1ccnc(NC(=O)CCN2C[C@]3(CC[C@](c4ccccc4)(N(C)C)CC3)N(CC3(O)CCC3)C2O)n1. The van der Waals surface area contributed by atoms with Crippen molar-refractivity contribution in [2.75, 3.05) is 46.2 Å². The lowest BCUT2D eigenvalue weighted by Crippen LogP contribution is -2.60. The Morgan fingerprint density at radius 2 is 1.85 bits per heavy atom. The fourth-order valence-corrected chi connectivity index (χ4v) is 6.76. The summed E-state index contributed by atoms with van der Waals surface area (Å²) in [6.45, 7) is 1.51. The van der Waals surface area contributed by atoms with Crippen molar-refractivity contribution in [3.63, 3.8) is 0 Å². The van der Waals surface area contributed by atoms with E-state index < -0.39 is 12.0 Å². The van der Waals surface area contributed by atoms with Crippen LogP contribution in [0.15, 0.2) is 42.6 Å². The van der Waals surface area contributed by atoms with Crippen molar-refractivity contribution in [3.8, 4) is 5.88 Å². The minimum atomic E-state index is -0.848. The zero-order chi connectivity index (χ0) is 27.7. The second-order valence-electron chi connectivity index (χ2n) is 11.8. The molecule has 1 atom stereocenters. The van der Waals surface area contributed by atoms with Crippen LogP contribution in [0.1, 0.15) is 56.9 Å². The quantitative estimate of drug-likeness (QED) is 0.443. The Morgan fingerprint density at radius 3 is 2.46 bits per heavy atom. The molecule has 1 aliphatic heterocycles. The standard InChI is InChI=1S/C29H42N6O4/c1-33(2)29(22-8-5-4-6-9-22)16-14-27(15-17-29)20-34(26(37)35(27)21-28(38)12-7-13-28)19-11-23(36)31-25-30-18-10-24(32-25)39-3/h4-6,8-10,18,26,37-38H,7,11-17,19-21H2,1-3H3,(H,30,31,32,36)/t26?,27-,29+. The fourth-order valence-electron chi connectivity index (χ4n) is 6.76. The average Bonchev–Trinajstić information content (AvgIpc) is 3.17. The van der Waals surface area contributed by atoms with Gasteiger partial charge >= 0.3 is 0 Å². The number of rotatable bonds is 9. The van der Waals surface area contributed by atoms with E-state index in [4.69, 9.17) is 4.74 Å². The van der Waals surface area contributed by atoms with Gasteiger partial charge in [0.05, 0.1) is 12.7 Å². The molecule has 1 aromatic carbocycles. The molecule has 5 rings (SSSR count). The van der Waals surface area contributed by atoms with Crippen LogP contribution in [0.5, 0.6) is 5.88 Å². The molecule has 0 radical (unpaired) electrons. The van der Waals surface area contributed by atoms with Gasteiger partial charge in [-0.2, -0.15) is 4.98 Å². The topological polar surface area (TPSA) is 114 Å². The lowest BCUT2D eigenvalue weighted by atomic mass is 9.67. The highest BCUT2D eigenvalue weighted by atomic mass is 16.5. The van der Waals surface area contributed by atoms with Crippen molar-refractivity contribution in [2.45, 2.75) is 74.4 Å². The molecule has 3 fully saturated rings. The number of methoxy groups -OCH3 is 1. The Hall–Kier alpha value is -2.63. The molecule has 1 amide bonds. The minimum absolute atomic E-state index is 0.0689. The second-order valence-corrected chi connectivity index (χ2v) is 11.8. The van der Waals surface area contributed by atoms with Gasteiger partial charge in [0.2, 0.25) is 17.7 Å². The first kappa shape index (κ1) is 27.9. The Balaban J connectivity index is 1.30. The molecule has 2 aliphatic carbocycles. The molecule has 1 aromatic heterocycles. The number of aliphatic hydroxyl groups excluding tert-OH is 1. The molecule has 1 spiro atoms. The number of aromatic nitrogens is 2. The summed E-state index contributed by atoms with van der Waals surface area (Å²) in [7, 11) is 5.82. The van der Waals surface area contributed by atoms with Crippen LogP contribution in [0.4, 0.5) is 5.95 Å². The van der Waals surface area contributed by atoms with E-state index in [1.165, 1.54) is 18.9 Å². The number of nitrogens with one attached hydrogen (secondary N) is 1. The molecular weight excluding hydrogens is 496 g/mol. The maximum Gasteiger partial charge on any atom is 0.232 e. The van der Waals surface area contributed by atoms with Crippen molar-refractivity contribution in [2.24, 2.45) is 0 Å². The predicted octanol–water partition coefficient (Wildman–Crippen LogP) is 2.39. The third-order valence-corrected chi connectivity index (χ3v) is 9.35. The largest absolute Gasteiger partial charge is 0.481 e. The Labute approximate surface area is 231 Å². The molecule has 2 saturated carbocycles. The van der Waals surface area contributed by atoms with Crippen LogP contribution < -0.4 is 10.1 Å². The zero-order valence-electron chi connectivity index (χ0n) is 23.3. The highest BCUT2D eigenvalue weighted by molar-refractivity contribution is 5.89. The van der Waals surface area contributed by atoms with Crippen LogP contribution in [-0.4, -0.2) is 99.1 Å². The number of carbonyl (C=O) groups is 1. The van der Waals surface area contributed by atoms with Gasteiger partial charge in [-0.05, 0) is 64.6 Å². The Morgan fingerprint density at radius 1 is 1.13 bits per heavy atom. The van der Waals surface area contributed by atoms with Gasteiger partial charge in [-0.3, -0.25) is 24.8 Å². The summed E-state index contributed by atoms with van der Waals surface area (Å²) in [6.07, 6.45) is 7.12. The molecular formula is C29H42N6O4. The molecule has 10 nitrogen and oxygen atoms in total. The van der Waals surface area contributed by atoms with Crippen molar-refractivity contribution >= 4 is 11.9 Å². The number of β-amino-alcohol motifs (C(OH)–C–C–N with tert-alkyl or cyclic N) is 1. The number of benzene rings is 1. The van der Waals surface area contributed by atoms with Gasteiger partial charge in [0.1, 0.15) is 0 Å². The van der Waals surface area contributed by atoms with E-state index in [2.05, 4.69) is 69.5 Å². The van der Waals surface area contributed by atoms with Crippen molar-refractivity contribution < 1.29 is 19.7 Å². The first-order valence-electron chi connectivity index (χ1n) is 14.0. The van der Waals surface area contributed by atoms with Gasteiger partial charge in [0.15, 0.2) is 6.35 Å². The summed E-state index contributed by atoms with van der Waals surface area (Å²) in [5, 5.41) is 25.4. The highest BCUT2D eigenvalue weighted by Gasteiger charge is 2.56. The molecule has 212 valence electrons. The number of anilines is 1. The van der Waals surface area contributed by atoms with Crippen LogP contribution in [0.25, 0.3) is 0 Å². The van der Waals surface area contributed by atoms with E-state index in [9.17, 15) is 15.0 Å². The predicted molar refractivity (Wildman–Crippen MR) is 148 cm³/mol. The molecule has 39 heavy (non-hydrogen) atoms.